The van der Waals surface area contributed by atoms with Crippen LogP contribution in [0.5, 0.6) is 0 Å². The molecule has 1 aliphatic rings. The van der Waals surface area contributed by atoms with Gasteiger partial charge in [0.05, 0.1) is 12.1 Å². The lowest BCUT2D eigenvalue weighted by Gasteiger charge is -2.25. The summed E-state index contributed by atoms with van der Waals surface area (Å²) in [6, 6.07) is 9.05. The number of carbonyl (C=O) groups is 1. The first-order valence-corrected chi connectivity index (χ1v) is 8.31. The minimum atomic E-state index is -0.253. The summed E-state index contributed by atoms with van der Waals surface area (Å²) in [6.07, 6.45) is 2.28. The molecule has 2 amide bonds. The Kier molecular flexibility index (Phi) is 5.10. The predicted molar refractivity (Wildman–Crippen MR) is 89.3 cm³/mol. The third-order valence-electron chi connectivity index (χ3n) is 4.21. The van der Waals surface area contributed by atoms with E-state index in [-0.39, 0.29) is 24.7 Å². The minimum absolute atomic E-state index is 0.0107. The summed E-state index contributed by atoms with van der Waals surface area (Å²) < 4.78 is 1.87. The molecule has 1 aromatic carbocycles. The Morgan fingerprint density at radius 2 is 2.21 bits per heavy atom. The zero-order valence-corrected chi connectivity index (χ0v) is 13.8. The third kappa shape index (κ3) is 3.73. The topological polar surface area (TPSA) is 92.1 Å². The molecule has 1 aromatic heterocycles. The van der Waals surface area contributed by atoms with Crippen LogP contribution >= 0.6 is 0 Å². The van der Waals surface area contributed by atoms with E-state index in [1.165, 1.54) is 0 Å². The first-order chi connectivity index (χ1) is 11.7. The molecule has 3 N–H and O–H groups in total. The number of hydrogen-bond acceptors (Lipinski definition) is 4. The van der Waals surface area contributed by atoms with Crippen molar-refractivity contribution in [2.75, 3.05) is 6.61 Å². The molecule has 0 saturated heterocycles. The fraction of sp³-hybridized carbons (Fsp3) is 0.471. The first-order valence-electron chi connectivity index (χ1n) is 8.31. The van der Waals surface area contributed by atoms with Gasteiger partial charge in [0.15, 0.2) is 0 Å². The Morgan fingerprint density at radius 1 is 1.42 bits per heavy atom. The van der Waals surface area contributed by atoms with Gasteiger partial charge >= 0.3 is 6.03 Å². The number of nitrogens with one attached hydrogen (secondary N) is 2. The smallest absolute Gasteiger partial charge is 0.315 e. The molecule has 0 spiro atoms. The number of carbonyl (C=O) groups excluding carboxylic acids is 1. The Balaban J connectivity index is 1.66. The van der Waals surface area contributed by atoms with E-state index in [9.17, 15) is 9.90 Å². The van der Waals surface area contributed by atoms with Crippen LogP contribution in [0.1, 0.15) is 48.6 Å². The van der Waals surface area contributed by atoms with Gasteiger partial charge in [-0.2, -0.15) is 5.10 Å². The molecule has 7 nitrogen and oxygen atoms in total. The lowest BCUT2D eigenvalue weighted by molar-refractivity contribution is 0.222. The van der Waals surface area contributed by atoms with Crippen molar-refractivity contribution in [3.05, 3.63) is 47.5 Å². The average molecular weight is 329 g/mol. The Hall–Kier alpha value is -2.41. The number of aromatic nitrogens is 3. The highest BCUT2D eigenvalue weighted by atomic mass is 16.3. The van der Waals surface area contributed by atoms with Crippen LogP contribution in [-0.2, 0) is 6.54 Å². The largest absolute Gasteiger partial charge is 0.396 e. The number of hydrogen-bond donors (Lipinski definition) is 3. The van der Waals surface area contributed by atoms with Crippen LogP contribution in [-0.4, -0.2) is 32.5 Å². The van der Waals surface area contributed by atoms with Crippen LogP contribution in [0.4, 0.5) is 4.79 Å². The second-order valence-electron chi connectivity index (χ2n) is 6.03. The number of fused-ring (bicyclic) bond motifs is 1. The van der Waals surface area contributed by atoms with Crippen molar-refractivity contribution < 1.29 is 9.90 Å². The summed E-state index contributed by atoms with van der Waals surface area (Å²) in [5, 5.41) is 19.6. The van der Waals surface area contributed by atoms with Gasteiger partial charge in [-0.15, -0.1) is 0 Å². The number of rotatable bonds is 5. The second-order valence-corrected chi connectivity index (χ2v) is 6.03. The van der Waals surface area contributed by atoms with E-state index < -0.39 is 0 Å². The summed E-state index contributed by atoms with van der Waals surface area (Å²) in [6.45, 7) is 2.71. The molecule has 7 heteroatoms. The van der Waals surface area contributed by atoms with Crippen LogP contribution in [0.25, 0.3) is 0 Å². The van der Waals surface area contributed by atoms with Gasteiger partial charge < -0.3 is 15.7 Å². The van der Waals surface area contributed by atoms with E-state index in [4.69, 9.17) is 0 Å². The minimum Gasteiger partial charge on any atom is -0.396 e. The number of aliphatic hydroxyl groups is 1. The van der Waals surface area contributed by atoms with Crippen molar-refractivity contribution in [1.29, 1.82) is 0 Å². The highest BCUT2D eigenvalue weighted by molar-refractivity contribution is 5.74. The second kappa shape index (κ2) is 7.44. The van der Waals surface area contributed by atoms with Crippen LogP contribution in [0, 0.1) is 6.92 Å². The van der Waals surface area contributed by atoms with Crippen LogP contribution in [0.15, 0.2) is 30.3 Å². The molecule has 1 aliphatic heterocycles. The van der Waals surface area contributed by atoms with Gasteiger partial charge in [-0.3, -0.25) is 0 Å². The molecule has 0 radical (unpaired) electrons. The molecule has 0 saturated carbocycles. The number of benzene rings is 1. The van der Waals surface area contributed by atoms with E-state index >= 15 is 0 Å². The highest BCUT2D eigenvalue weighted by Crippen LogP contribution is 2.23. The molecule has 0 bridgehead atoms. The third-order valence-corrected chi connectivity index (χ3v) is 4.21. The van der Waals surface area contributed by atoms with Gasteiger partial charge in [-0.1, -0.05) is 30.3 Å². The first kappa shape index (κ1) is 16.4. The molecular weight excluding hydrogens is 306 g/mol. The summed E-state index contributed by atoms with van der Waals surface area (Å²) in [7, 11) is 0. The lowest BCUT2D eigenvalue weighted by atomic mass is 10.0. The number of aliphatic hydroxyl groups excluding tert-OH is 1. The Bertz CT molecular complexity index is 686. The van der Waals surface area contributed by atoms with Crippen LogP contribution < -0.4 is 10.6 Å². The molecule has 2 heterocycles. The van der Waals surface area contributed by atoms with Gasteiger partial charge in [0.25, 0.3) is 0 Å². The van der Waals surface area contributed by atoms with Crippen molar-refractivity contribution in [1.82, 2.24) is 25.4 Å². The summed E-state index contributed by atoms with van der Waals surface area (Å²) in [5.41, 5.74) is 0.976. The normalized spacial score (nSPS) is 17.8. The van der Waals surface area contributed by atoms with Crippen molar-refractivity contribution in [2.45, 2.75) is 44.8 Å². The van der Waals surface area contributed by atoms with Crippen molar-refractivity contribution >= 4 is 6.03 Å². The van der Waals surface area contributed by atoms with Crippen LogP contribution in [0.2, 0.25) is 0 Å². The van der Waals surface area contributed by atoms with Gasteiger partial charge in [0.2, 0.25) is 0 Å². The van der Waals surface area contributed by atoms with Crippen molar-refractivity contribution in [3.63, 3.8) is 0 Å². The van der Waals surface area contributed by atoms with Gasteiger partial charge in [0.1, 0.15) is 11.6 Å². The zero-order valence-electron chi connectivity index (χ0n) is 13.8. The quantitative estimate of drug-likeness (QED) is 0.780. The summed E-state index contributed by atoms with van der Waals surface area (Å²) in [4.78, 5) is 16.9. The van der Waals surface area contributed by atoms with Crippen molar-refractivity contribution in [2.24, 2.45) is 0 Å². The maximum atomic E-state index is 12.4. The zero-order chi connectivity index (χ0) is 16.9. The monoisotopic (exact) mass is 329 g/mol. The Morgan fingerprint density at radius 3 is 2.96 bits per heavy atom. The predicted octanol–water partition coefficient (Wildman–Crippen LogP) is 1.84. The number of aryl methyl sites for hydroxylation is 2. The van der Waals surface area contributed by atoms with Crippen molar-refractivity contribution in [3.8, 4) is 0 Å². The maximum absolute atomic E-state index is 12.4. The van der Waals surface area contributed by atoms with Gasteiger partial charge in [-0.05, 0) is 31.7 Å². The van der Waals surface area contributed by atoms with Gasteiger partial charge in [-0.25, -0.2) is 14.5 Å². The average Bonchev–Trinajstić information content (AvgIpc) is 2.97. The molecular formula is C17H23N5O2. The molecule has 2 aromatic rings. The molecule has 0 fully saturated rings. The van der Waals surface area contributed by atoms with Gasteiger partial charge in [0, 0.05) is 13.2 Å². The van der Waals surface area contributed by atoms with E-state index in [1.54, 1.807) is 0 Å². The van der Waals surface area contributed by atoms with E-state index in [0.717, 1.165) is 36.6 Å². The summed E-state index contributed by atoms with van der Waals surface area (Å²) in [5.74, 6) is 1.54. The van der Waals surface area contributed by atoms with E-state index in [2.05, 4.69) is 20.7 Å². The van der Waals surface area contributed by atoms with Crippen LogP contribution in [0.3, 0.4) is 0 Å². The number of amides is 2. The highest BCUT2D eigenvalue weighted by Gasteiger charge is 2.25. The Labute approximate surface area is 141 Å². The fourth-order valence-electron chi connectivity index (χ4n) is 3.10. The molecule has 0 aliphatic carbocycles. The fourth-order valence-corrected chi connectivity index (χ4v) is 3.10. The molecule has 3 rings (SSSR count). The molecule has 1 unspecified atom stereocenters. The molecule has 24 heavy (non-hydrogen) atoms. The maximum Gasteiger partial charge on any atom is 0.315 e. The van der Waals surface area contributed by atoms with E-state index in [0.29, 0.717) is 6.42 Å². The molecule has 128 valence electrons. The number of nitrogens with zero attached hydrogens (tertiary/aromatic N) is 3. The standard InChI is InChI=1S/C17H23N5O2/c1-12-18-16-15(8-5-10-22(16)21-12)20-17(24)19-14(9-11-23)13-6-3-2-4-7-13/h2-4,6-7,14-15,23H,5,8-11H2,1H3,(H2,19,20,24)/t14-,15?/m1/s1. The lowest BCUT2D eigenvalue weighted by Crippen LogP contribution is -2.42. The summed E-state index contributed by atoms with van der Waals surface area (Å²) >= 11 is 0. The van der Waals surface area contributed by atoms with E-state index in [1.807, 2.05) is 41.9 Å². The molecule has 2 atom stereocenters. The number of urea groups is 1. The SMILES string of the molecule is Cc1nc2n(n1)CCCC2NC(=O)N[C@H](CCO)c1ccccc1.